The number of nitrogens with one attached hydrogen (secondary N) is 3. The van der Waals surface area contributed by atoms with Crippen molar-refractivity contribution in [2.24, 2.45) is 15.4 Å². The number of sulfone groups is 1. The Labute approximate surface area is 553 Å². The number of imidazole rings is 3. The highest BCUT2D eigenvalue weighted by atomic mass is 35.5. The summed E-state index contributed by atoms with van der Waals surface area (Å²) in [6, 6.07) is 48.3. The molecule has 12 rings (SSSR count). The van der Waals surface area contributed by atoms with Crippen molar-refractivity contribution >= 4 is 84.6 Å². The largest absolute Gasteiger partial charge is 0.416 e. The summed E-state index contributed by atoms with van der Waals surface area (Å²) in [5.41, 5.74) is 9.04. The van der Waals surface area contributed by atoms with Crippen molar-refractivity contribution in [2.45, 2.75) is 84.3 Å². The van der Waals surface area contributed by atoms with E-state index in [1.165, 1.54) is 30.3 Å². The van der Waals surface area contributed by atoms with Gasteiger partial charge < -0.3 is 15.0 Å². The summed E-state index contributed by atoms with van der Waals surface area (Å²) in [6.45, 7) is 3.40. The van der Waals surface area contributed by atoms with Gasteiger partial charge in [-0.15, -0.1) is 0 Å². The predicted molar refractivity (Wildman–Crippen MR) is 358 cm³/mol. The number of alkyl halides is 6. The number of primary sulfonamides is 3. The number of rotatable bonds is 16. The molecule has 0 aliphatic carbocycles. The zero-order valence-electron chi connectivity index (χ0n) is 51.2. The zero-order valence-corrected chi connectivity index (χ0v) is 55.2. The molecule has 0 aliphatic rings. The van der Waals surface area contributed by atoms with Crippen molar-refractivity contribution in [3.63, 3.8) is 0 Å². The molecule has 3 heterocycles. The number of nitrogens with zero attached hydrogens (tertiary/aromatic N) is 3. The minimum Gasteiger partial charge on any atom is -0.342 e. The Morgan fingerprint density at radius 3 is 1.21 bits per heavy atom. The van der Waals surface area contributed by atoms with Crippen LogP contribution in [0.15, 0.2) is 202 Å². The maximum Gasteiger partial charge on any atom is 0.416 e. The fourth-order valence-electron chi connectivity index (χ4n) is 11.1. The van der Waals surface area contributed by atoms with Crippen LogP contribution in [0.3, 0.4) is 0 Å². The molecule has 0 spiro atoms. The van der Waals surface area contributed by atoms with Crippen LogP contribution in [0.25, 0.3) is 66.5 Å². The molecular weight excluding hydrogens is 1350 g/mol. The number of fused-ring (bicyclic) bond motifs is 3. The Morgan fingerprint density at radius 2 is 0.812 bits per heavy atom. The van der Waals surface area contributed by atoms with Crippen LogP contribution in [0, 0.1) is 13.8 Å². The molecule has 96 heavy (non-hydrogen) atoms. The summed E-state index contributed by atoms with van der Waals surface area (Å²) >= 11 is 5.97. The number of hydrogen-bond acceptors (Lipinski definition) is 11. The molecule has 9 N–H and O–H groups in total. The molecule has 17 nitrogen and oxygen atoms in total. The van der Waals surface area contributed by atoms with Crippen LogP contribution in [0.4, 0.5) is 26.3 Å². The number of halogens is 7. The minimum absolute atomic E-state index is 0.0122. The lowest BCUT2D eigenvalue weighted by atomic mass is 10.00. The Kier molecular flexibility index (Phi) is 20.0. The van der Waals surface area contributed by atoms with Gasteiger partial charge in [0.1, 0.15) is 17.5 Å². The van der Waals surface area contributed by atoms with Gasteiger partial charge in [0.05, 0.1) is 63.8 Å². The van der Waals surface area contributed by atoms with Crippen molar-refractivity contribution in [3.05, 3.63) is 243 Å². The van der Waals surface area contributed by atoms with E-state index in [4.69, 9.17) is 27.0 Å². The van der Waals surface area contributed by atoms with Crippen LogP contribution < -0.4 is 15.4 Å². The molecule has 12 aromatic rings. The lowest BCUT2D eigenvalue weighted by Crippen LogP contribution is -2.13. The average Bonchev–Trinajstić information content (AvgIpc) is 1.46. The second-order valence-corrected chi connectivity index (χ2v) is 29.8. The first-order valence-electron chi connectivity index (χ1n) is 29.2. The lowest BCUT2D eigenvalue weighted by Gasteiger charge is -2.13. The number of hydrogen-bond donors (Lipinski definition) is 6. The Bertz CT molecular complexity index is 5430. The molecule has 0 radical (unpaired) electrons. The van der Waals surface area contributed by atoms with Crippen LogP contribution in [0.2, 0.25) is 5.02 Å². The third-order valence-electron chi connectivity index (χ3n) is 15.5. The van der Waals surface area contributed by atoms with Gasteiger partial charge in [0.2, 0.25) is 30.1 Å². The third kappa shape index (κ3) is 16.9. The maximum absolute atomic E-state index is 13.3. The number of aromatic nitrogens is 6. The van der Waals surface area contributed by atoms with E-state index in [9.17, 15) is 60.0 Å². The summed E-state index contributed by atoms with van der Waals surface area (Å²) in [4.78, 5) is 23.4. The average molecular weight is 1410 g/mol. The van der Waals surface area contributed by atoms with Crippen LogP contribution in [-0.4, -0.2) is 69.8 Å². The van der Waals surface area contributed by atoms with Gasteiger partial charge >= 0.3 is 12.4 Å². The number of benzene rings is 9. The highest BCUT2D eigenvalue weighted by Gasteiger charge is 2.34. The van der Waals surface area contributed by atoms with Gasteiger partial charge in [-0.2, -0.15) is 26.3 Å². The topological polar surface area (TPSA) is 301 Å². The zero-order chi connectivity index (χ0) is 69.3. The fourth-order valence-corrected chi connectivity index (χ4v) is 14.6. The number of aromatic amines is 3. The van der Waals surface area contributed by atoms with E-state index in [2.05, 4.69) is 29.9 Å². The smallest absolute Gasteiger partial charge is 0.342 e. The number of H-pyrrole nitrogens is 3. The summed E-state index contributed by atoms with van der Waals surface area (Å²) in [7, 11) is -15.1. The van der Waals surface area contributed by atoms with Crippen LogP contribution in [0.1, 0.15) is 56.4 Å². The van der Waals surface area contributed by atoms with E-state index >= 15 is 0 Å². The van der Waals surface area contributed by atoms with E-state index in [0.29, 0.717) is 127 Å². The van der Waals surface area contributed by atoms with Gasteiger partial charge in [0.15, 0.2) is 9.84 Å². The quantitative estimate of drug-likeness (QED) is 0.0494. The Hall–Kier alpha value is -9.06. The first-order chi connectivity index (χ1) is 45.0. The Balaban J connectivity index is 0.000000157. The summed E-state index contributed by atoms with van der Waals surface area (Å²) < 4.78 is 175. The van der Waals surface area contributed by atoms with Crippen molar-refractivity contribution in [1.29, 1.82) is 0 Å². The summed E-state index contributed by atoms with van der Waals surface area (Å²) in [5.74, 6) is 1.87. The number of nitrogens with two attached hydrogens (primary N) is 3. The standard InChI is InChI=1S/2C23H20F3N3O2S.C22H20ClN3O4S2/c1-14-6-9-18(23(24,25)26)16(12-14)8-11-22-28-19-10-7-15(13-20(19)29-22)17-4-2-3-5-21(17)32(27,30)31;1-14-10-15(12-17(11-14)23(24,25)26)6-9-22-28-19-8-7-16(13-20(19)29-22)18-4-2-3-5-21(18)32(27,30)31;1-31(27,28)21-13-16(23)9-6-14(21)8-11-22-25-18-10-7-15(12-19(18)26-22)17-4-2-3-5-20(17)32(24,29)30/h2-7,9-10,12-13H,8,11H2,1H3,(H,28,29)(H2,27,30,31);2-5,7-8,10-13H,6,9H2,1H3,(H,28,29)(H2,27,30,31);2-7,9-10,12-13H,8,11H2,1H3,(H,25,26)(H2,24,29,30). The van der Waals surface area contributed by atoms with E-state index < -0.39 is 63.4 Å². The first kappa shape index (κ1) is 69.8. The molecule has 28 heteroatoms. The van der Waals surface area contributed by atoms with Gasteiger partial charge in [-0.25, -0.2) is 64.0 Å². The van der Waals surface area contributed by atoms with Gasteiger partial charge in [0.25, 0.3) is 0 Å². The Morgan fingerprint density at radius 1 is 0.406 bits per heavy atom. The van der Waals surface area contributed by atoms with Crippen molar-refractivity contribution in [2.75, 3.05) is 6.26 Å². The maximum atomic E-state index is 13.3. The van der Waals surface area contributed by atoms with E-state index in [-0.39, 0.29) is 31.6 Å². The molecule has 498 valence electrons. The van der Waals surface area contributed by atoms with Gasteiger partial charge in [0, 0.05) is 47.2 Å². The van der Waals surface area contributed by atoms with Crippen LogP contribution >= 0.6 is 11.6 Å². The molecule has 9 aromatic carbocycles. The van der Waals surface area contributed by atoms with E-state index in [0.717, 1.165) is 41.1 Å². The molecule has 0 aliphatic heterocycles. The number of sulfonamides is 3. The second-order valence-electron chi connectivity index (χ2n) is 22.8. The predicted octanol–water partition coefficient (Wildman–Crippen LogP) is 13.7. The highest BCUT2D eigenvalue weighted by Crippen LogP contribution is 2.36. The molecule has 0 amide bonds. The fraction of sp³-hybridized carbons (Fsp3) is 0.162. The second kappa shape index (κ2) is 27.6. The molecule has 0 saturated heterocycles. The normalized spacial score (nSPS) is 12.4. The molecule has 3 aromatic heterocycles. The molecule has 0 unspecified atom stereocenters. The van der Waals surface area contributed by atoms with Gasteiger partial charge in [-0.3, -0.25) is 0 Å². The van der Waals surface area contributed by atoms with Crippen molar-refractivity contribution in [3.8, 4) is 33.4 Å². The van der Waals surface area contributed by atoms with Crippen molar-refractivity contribution in [1.82, 2.24) is 29.9 Å². The van der Waals surface area contributed by atoms with E-state index in [1.807, 2.05) is 6.07 Å². The minimum atomic E-state index is -4.41. The van der Waals surface area contributed by atoms with Gasteiger partial charge in [-0.05, 0) is 151 Å². The summed E-state index contributed by atoms with van der Waals surface area (Å²) in [6.07, 6.45) is -5.40. The van der Waals surface area contributed by atoms with Crippen LogP contribution in [-0.2, 0) is 90.8 Å². The number of aryl methyl sites for hydroxylation is 8. The molecule has 0 atom stereocenters. The highest BCUT2D eigenvalue weighted by molar-refractivity contribution is 7.91. The molecule has 0 bridgehead atoms. The molecule has 0 saturated carbocycles. The third-order valence-corrected chi connectivity index (χ3v) is 19.8. The van der Waals surface area contributed by atoms with Crippen LogP contribution in [0.5, 0.6) is 0 Å². The van der Waals surface area contributed by atoms with E-state index in [1.54, 1.807) is 141 Å². The summed E-state index contributed by atoms with van der Waals surface area (Å²) in [5, 5.41) is 16.4. The van der Waals surface area contributed by atoms with Gasteiger partial charge in [-0.1, -0.05) is 120 Å². The lowest BCUT2D eigenvalue weighted by molar-refractivity contribution is -0.138. The van der Waals surface area contributed by atoms with Crippen molar-refractivity contribution < 1.29 is 60.0 Å². The SMILES string of the molecule is CS(=O)(=O)c1cc(Cl)ccc1CCc1nc2ccc(-c3ccccc3S(N)(=O)=O)cc2[nH]1.Cc1cc(CCc2nc3ccc(-c4ccccc4S(N)(=O)=O)cc3[nH]2)cc(C(F)(F)F)c1.Cc1ccc(C(F)(F)F)c(CCc2nc3ccc(-c4ccccc4S(N)(=O)=O)cc3[nH]2)c1. The molecule has 0 fully saturated rings. The molecular formula is C68H60ClF6N9O8S4. The first-order valence-corrected chi connectivity index (χ1v) is 36.1. The monoisotopic (exact) mass is 1410 g/mol.